The second-order valence-corrected chi connectivity index (χ2v) is 13.2. The summed E-state index contributed by atoms with van der Waals surface area (Å²) in [5.41, 5.74) is 14.0. The molecule has 3 rings (SSSR count). The molecule has 0 radical (unpaired) electrons. The number of aromatic hydroxyl groups is 1. The maximum atomic E-state index is 11.5. The summed E-state index contributed by atoms with van der Waals surface area (Å²) >= 11 is 0. The first-order valence-electron chi connectivity index (χ1n) is 16.5. The molecule has 0 saturated carbocycles. The summed E-state index contributed by atoms with van der Waals surface area (Å²) < 4.78 is 0. The third-order valence-corrected chi connectivity index (χ3v) is 7.75. The fourth-order valence-electron chi connectivity index (χ4n) is 6.41. The number of anilines is 1. The Morgan fingerprint density at radius 2 is 1.04 bits per heavy atom. The van der Waals surface area contributed by atoms with Crippen LogP contribution >= 0.6 is 0 Å². The number of hydrogen-bond acceptors (Lipinski definition) is 2. The molecule has 3 aromatic carbocycles. The standard InChI is InChI=1S/C16H23NO.C13H20O.C12H18.3CH4/c1-6-8-13-9-12(5)10-14(16(13)11(3)4)17-15(18)7-2;1-5-6-11-7-10(4)8-12(14)13(11)9(2)3;1-8(2)12-10(4)6-9(3)7-11(12)5;;;/h7,9-11H,2,6,8H2,1,3-5H3,(H,17,18);7-9,14H,5-6H2,1-4H3;6-8H,1-5H3;3*1H4. The summed E-state index contributed by atoms with van der Waals surface area (Å²) in [6.45, 7) is 31.6. The van der Waals surface area contributed by atoms with Crippen LogP contribution in [-0.2, 0) is 17.6 Å². The summed E-state index contributed by atoms with van der Waals surface area (Å²) in [5, 5.41) is 12.8. The molecule has 0 aliphatic carbocycles. The van der Waals surface area contributed by atoms with Crippen LogP contribution < -0.4 is 5.32 Å². The van der Waals surface area contributed by atoms with Crippen molar-refractivity contribution in [3.05, 3.63) is 105 Å². The third kappa shape index (κ3) is 15.0. The van der Waals surface area contributed by atoms with Gasteiger partial charge < -0.3 is 10.4 Å². The number of phenolic OH excluding ortho intramolecular Hbond substituents is 1. The number of amides is 1. The minimum atomic E-state index is -0.148. The van der Waals surface area contributed by atoms with E-state index in [1.165, 1.54) is 50.6 Å². The molecule has 3 heteroatoms. The van der Waals surface area contributed by atoms with Gasteiger partial charge in [0.15, 0.2) is 0 Å². The lowest BCUT2D eigenvalue weighted by atomic mass is 9.91. The Hall–Kier alpha value is -3.33. The lowest BCUT2D eigenvalue weighted by Gasteiger charge is -2.19. The van der Waals surface area contributed by atoms with E-state index in [0.717, 1.165) is 42.5 Å². The Balaban J connectivity index is -0.000000611. The molecular formula is C44H73NO2. The fraction of sp³-hybridized carbons (Fsp3) is 0.523. The van der Waals surface area contributed by atoms with E-state index in [4.69, 9.17) is 0 Å². The lowest BCUT2D eigenvalue weighted by molar-refractivity contribution is -0.111. The largest absolute Gasteiger partial charge is 0.508 e. The molecule has 0 bridgehead atoms. The summed E-state index contributed by atoms with van der Waals surface area (Å²) in [4.78, 5) is 11.5. The normalized spacial score (nSPS) is 10.0. The number of nitrogens with one attached hydrogen (secondary N) is 1. The van der Waals surface area contributed by atoms with Gasteiger partial charge >= 0.3 is 0 Å². The zero-order chi connectivity index (χ0) is 33.7. The maximum absolute atomic E-state index is 11.5. The molecule has 3 aromatic rings. The quantitative estimate of drug-likeness (QED) is 0.227. The summed E-state index contributed by atoms with van der Waals surface area (Å²) in [5.74, 6) is 1.75. The Bertz CT molecular complexity index is 1360. The number of carbonyl (C=O) groups is 1. The molecular weight excluding hydrogens is 574 g/mol. The SMILES string of the molecule is C.C.C.C=CC(=O)Nc1cc(C)cc(CCC)c1C(C)C.CCCc1cc(C)cc(O)c1C(C)C.Cc1cc(C)c(C(C)C)c(C)c1. The highest BCUT2D eigenvalue weighted by Gasteiger charge is 2.14. The smallest absolute Gasteiger partial charge is 0.247 e. The van der Waals surface area contributed by atoms with Crippen LogP contribution in [0.15, 0.2) is 49.1 Å². The minimum absolute atomic E-state index is 0. The topological polar surface area (TPSA) is 49.3 Å². The lowest BCUT2D eigenvalue weighted by Crippen LogP contribution is -2.12. The molecule has 0 atom stereocenters. The molecule has 3 nitrogen and oxygen atoms in total. The van der Waals surface area contributed by atoms with Crippen molar-refractivity contribution in [2.45, 2.75) is 156 Å². The van der Waals surface area contributed by atoms with Gasteiger partial charge in [0.2, 0.25) is 5.91 Å². The summed E-state index contributed by atoms with van der Waals surface area (Å²) in [6.07, 6.45) is 5.65. The molecule has 0 aromatic heterocycles. The van der Waals surface area contributed by atoms with Crippen LogP contribution in [-0.4, -0.2) is 11.0 Å². The number of aryl methyl sites for hydroxylation is 7. The van der Waals surface area contributed by atoms with Crippen LogP contribution in [0.5, 0.6) is 5.75 Å². The van der Waals surface area contributed by atoms with E-state index in [-0.39, 0.29) is 28.2 Å². The van der Waals surface area contributed by atoms with Gasteiger partial charge in [-0.1, -0.05) is 127 Å². The molecule has 47 heavy (non-hydrogen) atoms. The zero-order valence-corrected chi connectivity index (χ0v) is 30.2. The first kappa shape index (κ1) is 48.1. The Morgan fingerprint density at radius 1 is 0.660 bits per heavy atom. The van der Waals surface area contributed by atoms with Crippen molar-refractivity contribution < 1.29 is 9.90 Å². The van der Waals surface area contributed by atoms with E-state index in [0.29, 0.717) is 23.5 Å². The van der Waals surface area contributed by atoms with Crippen molar-refractivity contribution in [3.8, 4) is 5.75 Å². The van der Waals surface area contributed by atoms with Crippen molar-refractivity contribution in [1.29, 1.82) is 0 Å². The van der Waals surface area contributed by atoms with Crippen molar-refractivity contribution in [2.24, 2.45) is 0 Å². The van der Waals surface area contributed by atoms with E-state index < -0.39 is 0 Å². The van der Waals surface area contributed by atoms with Gasteiger partial charge in [-0.15, -0.1) is 0 Å². The van der Waals surface area contributed by atoms with Gasteiger partial charge in [-0.05, 0) is 133 Å². The zero-order valence-electron chi connectivity index (χ0n) is 30.2. The molecule has 0 fully saturated rings. The van der Waals surface area contributed by atoms with Crippen LogP contribution in [0.3, 0.4) is 0 Å². The van der Waals surface area contributed by atoms with Crippen molar-refractivity contribution in [3.63, 3.8) is 0 Å². The second kappa shape index (κ2) is 23.1. The number of carbonyl (C=O) groups excluding carboxylic acids is 1. The second-order valence-electron chi connectivity index (χ2n) is 13.2. The van der Waals surface area contributed by atoms with Crippen LogP contribution in [0.1, 0.15) is 164 Å². The minimum Gasteiger partial charge on any atom is -0.508 e. The van der Waals surface area contributed by atoms with Crippen LogP contribution in [0, 0.1) is 34.6 Å². The van der Waals surface area contributed by atoms with Gasteiger partial charge in [0.05, 0.1) is 0 Å². The maximum Gasteiger partial charge on any atom is 0.247 e. The number of benzene rings is 3. The van der Waals surface area contributed by atoms with Crippen LogP contribution in [0.4, 0.5) is 5.69 Å². The molecule has 266 valence electrons. The predicted molar refractivity (Wildman–Crippen MR) is 214 cm³/mol. The van der Waals surface area contributed by atoms with Crippen molar-refractivity contribution >= 4 is 11.6 Å². The van der Waals surface area contributed by atoms with Gasteiger partial charge in [0.25, 0.3) is 0 Å². The molecule has 0 spiro atoms. The Morgan fingerprint density at radius 3 is 1.43 bits per heavy atom. The van der Waals surface area contributed by atoms with E-state index in [1.54, 1.807) is 0 Å². The number of hydrogen-bond donors (Lipinski definition) is 2. The first-order chi connectivity index (χ1) is 20.6. The van der Waals surface area contributed by atoms with Gasteiger partial charge in [0.1, 0.15) is 5.75 Å². The summed E-state index contributed by atoms with van der Waals surface area (Å²) in [6, 6.07) is 12.8. The highest BCUT2D eigenvalue weighted by atomic mass is 16.3. The van der Waals surface area contributed by atoms with Gasteiger partial charge in [-0.25, -0.2) is 0 Å². The molecule has 2 N–H and O–H groups in total. The van der Waals surface area contributed by atoms with E-state index in [2.05, 4.69) is 119 Å². The fourth-order valence-corrected chi connectivity index (χ4v) is 6.41. The van der Waals surface area contributed by atoms with E-state index >= 15 is 0 Å². The van der Waals surface area contributed by atoms with E-state index in [9.17, 15) is 9.90 Å². The van der Waals surface area contributed by atoms with E-state index in [1.807, 2.05) is 19.1 Å². The van der Waals surface area contributed by atoms with Crippen LogP contribution in [0.25, 0.3) is 0 Å². The molecule has 0 unspecified atom stereocenters. The monoisotopic (exact) mass is 648 g/mol. The average Bonchev–Trinajstić information content (AvgIpc) is 2.87. The van der Waals surface area contributed by atoms with Crippen molar-refractivity contribution in [1.82, 2.24) is 0 Å². The Labute approximate surface area is 292 Å². The Kier molecular flexibility index (Phi) is 23.6. The highest BCUT2D eigenvalue weighted by Crippen LogP contribution is 2.32. The number of phenols is 1. The van der Waals surface area contributed by atoms with Crippen molar-refractivity contribution in [2.75, 3.05) is 5.32 Å². The van der Waals surface area contributed by atoms with Crippen LogP contribution in [0.2, 0.25) is 0 Å². The molecule has 0 aliphatic heterocycles. The summed E-state index contributed by atoms with van der Waals surface area (Å²) in [7, 11) is 0. The average molecular weight is 648 g/mol. The third-order valence-electron chi connectivity index (χ3n) is 7.75. The van der Waals surface area contributed by atoms with Gasteiger partial charge in [0, 0.05) is 5.69 Å². The number of rotatable bonds is 9. The van der Waals surface area contributed by atoms with Gasteiger partial charge in [-0.3, -0.25) is 4.79 Å². The molecule has 1 amide bonds. The van der Waals surface area contributed by atoms with Gasteiger partial charge in [-0.2, -0.15) is 0 Å². The molecule has 0 aliphatic rings. The first-order valence-corrected chi connectivity index (χ1v) is 16.5. The predicted octanol–water partition coefficient (Wildman–Crippen LogP) is 13.6. The molecule has 0 heterocycles. The highest BCUT2D eigenvalue weighted by molar-refractivity contribution is 5.99. The molecule has 0 saturated heterocycles.